The highest BCUT2D eigenvalue weighted by molar-refractivity contribution is 8.15. The topological polar surface area (TPSA) is 73.9 Å². The lowest BCUT2D eigenvalue weighted by Crippen LogP contribution is -2.25. The van der Waals surface area contributed by atoms with E-state index < -0.39 is 0 Å². The van der Waals surface area contributed by atoms with Crippen molar-refractivity contribution < 1.29 is 23.8 Å². The molecule has 6 nitrogen and oxygen atoms in total. The number of hydrogen-bond donors (Lipinski definition) is 1. The smallest absolute Gasteiger partial charge is 0.286 e. The molecule has 29 heavy (non-hydrogen) atoms. The van der Waals surface area contributed by atoms with Crippen LogP contribution in [0.2, 0.25) is 0 Å². The van der Waals surface area contributed by atoms with E-state index in [1.54, 1.807) is 14.2 Å². The molecule has 1 atom stereocenters. The van der Waals surface area contributed by atoms with E-state index in [1.165, 1.54) is 0 Å². The van der Waals surface area contributed by atoms with Crippen molar-refractivity contribution in [1.29, 1.82) is 0 Å². The van der Waals surface area contributed by atoms with Crippen molar-refractivity contribution in [3.8, 4) is 17.2 Å². The lowest BCUT2D eigenvalue weighted by atomic mass is 9.97. The summed E-state index contributed by atoms with van der Waals surface area (Å²) in [7, 11) is 3.33. The van der Waals surface area contributed by atoms with Crippen molar-refractivity contribution >= 4 is 22.9 Å². The molecule has 0 spiro atoms. The Hall–Kier alpha value is -2.67. The number of rotatable bonds is 7. The molecule has 1 fully saturated rings. The van der Waals surface area contributed by atoms with Crippen LogP contribution in [0.15, 0.2) is 24.3 Å². The predicted molar refractivity (Wildman–Crippen MR) is 113 cm³/mol. The van der Waals surface area contributed by atoms with E-state index in [-0.39, 0.29) is 16.4 Å². The zero-order valence-electron chi connectivity index (χ0n) is 17.3. The van der Waals surface area contributed by atoms with Crippen molar-refractivity contribution in [1.82, 2.24) is 5.32 Å². The van der Waals surface area contributed by atoms with Gasteiger partial charge in [-0.15, -0.1) is 0 Å². The monoisotopic (exact) mass is 415 g/mol. The molecule has 1 N–H and O–H groups in total. The normalized spacial score (nSPS) is 16.0. The molecule has 7 heteroatoms. The van der Waals surface area contributed by atoms with E-state index in [4.69, 9.17) is 14.2 Å². The maximum atomic E-state index is 11.7. The zero-order chi connectivity index (χ0) is 21.1. The van der Waals surface area contributed by atoms with Gasteiger partial charge in [0, 0.05) is 11.1 Å². The van der Waals surface area contributed by atoms with Gasteiger partial charge in [-0.3, -0.25) is 14.9 Å². The molecule has 0 aliphatic carbocycles. The molecule has 2 aromatic rings. The van der Waals surface area contributed by atoms with Crippen molar-refractivity contribution in [3.63, 3.8) is 0 Å². The van der Waals surface area contributed by atoms with Gasteiger partial charge in [0.2, 0.25) is 5.91 Å². The number of carbonyl (C=O) groups excluding carboxylic acids is 2. The van der Waals surface area contributed by atoms with Crippen LogP contribution in [0.5, 0.6) is 17.2 Å². The molecule has 0 radical (unpaired) electrons. The van der Waals surface area contributed by atoms with Crippen molar-refractivity contribution in [3.05, 3.63) is 52.1 Å². The van der Waals surface area contributed by atoms with Crippen LogP contribution in [0.3, 0.4) is 0 Å². The molecule has 1 aliphatic heterocycles. The first-order valence-electron chi connectivity index (χ1n) is 9.29. The Kier molecular flexibility index (Phi) is 6.37. The number of benzene rings is 2. The van der Waals surface area contributed by atoms with Gasteiger partial charge in [0.15, 0.2) is 0 Å². The van der Waals surface area contributed by atoms with Crippen LogP contribution in [0.4, 0.5) is 4.79 Å². The summed E-state index contributed by atoms with van der Waals surface area (Å²) in [5.41, 5.74) is 5.02. The third-order valence-corrected chi connectivity index (χ3v) is 6.20. The minimum atomic E-state index is -0.371. The van der Waals surface area contributed by atoms with Gasteiger partial charge in [0.25, 0.3) is 5.24 Å². The third-order valence-electron chi connectivity index (χ3n) is 5.21. The van der Waals surface area contributed by atoms with Gasteiger partial charge in [-0.2, -0.15) is 0 Å². The van der Waals surface area contributed by atoms with E-state index in [9.17, 15) is 9.59 Å². The fourth-order valence-corrected chi connectivity index (χ4v) is 4.39. The molecule has 0 aromatic heterocycles. The second kappa shape index (κ2) is 8.78. The number of carbonyl (C=O) groups is 2. The van der Waals surface area contributed by atoms with Crippen LogP contribution < -0.4 is 19.5 Å². The summed E-state index contributed by atoms with van der Waals surface area (Å²) in [5, 5.41) is 1.65. The minimum Gasteiger partial charge on any atom is -0.496 e. The SMILES string of the molecule is COc1c(C)c(C)c(OC)c(COc2ccc(CC3SC(=O)NC3=O)cc2)c1C. The quantitative estimate of drug-likeness (QED) is 0.734. The highest BCUT2D eigenvalue weighted by atomic mass is 32.2. The standard InChI is InChI=1S/C22H25NO5S/c1-12-13(2)20(27-5)17(14(3)19(12)26-4)11-28-16-8-6-15(7-9-16)10-18-21(24)23-22(25)29-18/h6-9,18H,10-11H2,1-5H3,(H,23,24,25). The Labute approximate surface area is 174 Å². The first kappa shape index (κ1) is 21.0. The number of amides is 2. The molecule has 1 saturated heterocycles. The third kappa shape index (κ3) is 4.34. The van der Waals surface area contributed by atoms with E-state index in [1.807, 2.05) is 45.0 Å². The van der Waals surface area contributed by atoms with Gasteiger partial charge in [-0.25, -0.2) is 0 Å². The Bertz CT molecular complexity index is 939. The van der Waals surface area contributed by atoms with Gasteiger partial charge < -0.3 is 14.2 Å². The summed E-state index contributed by atoms with van der Waals surface area (Å²) in [4.78, 5) is 23.0. The Morgan fingerprint density at radius 3 is 2.10 bits per heavy atom. The molecule has 2 amide bonds. The second-order valence-electron chi connectivity index (χ2n) is 6.94. The summed E-state index contributed by atoms with van der Waals surface area (Å²) in [6.45, 7) is 6.38. The summed E-state index contributed by atoms with van der Waals surface area (Å²) in [6.07, 6.45) is 0.504. The molecule has 2 aromatic carbocycles. The molecule has 154 valence electrons. The summed E-state index contributed by atoms with van der Waals surface area (Å²) in [5.74, 6) is 2.14. The Morgan fingerprint density at radius 2 is 1.55 bits per heavy atom. The summed E-state index contributed by atoms with van der Waals surface area (Å²) >= 11 is 1.04. The van der Waals surface area contributed by atoms with Gasteiger partial charge >= 0.3 is 0 Å². The molecular formula is C22H25NO5S. The minimum absolute atomic E-state index is 0.230. The number of methoxy groups -OCH3 is 2. The predicted octanol–water partition coefficient (Wildman–Crippen LogP) is 4.10. The van der Waals surface area contributed by atoms with Gasteiger partial charge in [0.1, 0.15) is 23.9 Å². The molecule has 1 heterocycles. The Morgan fingerprint density at radius 1 is 0.931 bits per heavy atom. The highest BCUT2D eigenvalue weighted by Crippen LogP contribution is 2.38. The zero-order valence-corrected chi connectivity index (χ0v) is 18.1. The number of imide groups is 1. The van der Waals surface area contributed by atoms with Crippen LogP contribution in [0, 0.1) is 20.8 Å². The van der Waals surface area contributed by atoms with Crippen LogP contribution in [-0.2, 0) is 17.8 Å². The van der Waals surface area contributed by atoms with Gasteiger partial charge in [0.05, 0.1) is 19.5 Å². The van der Waals surface area contributed by atoms with Crippen LogP contribution in [0.1, 0.15) is 27.8 Å². The van der Waals surface area contributed by atoms with E-state index in [0.717, 1.165) is 51.1 Å². The average molecular weight is 416 g/mol. The summed E-state index contributed by atoms with van der Waals surface area (Å²) in [6, 6.07) is 7.57. The van der Waals surface area contributed by atoms with E-state index in [2.05, 4.69) is 5.32 Å². The highest BCUT2D eigenvalue weighted by Gasteiger charge is 2.31. The van der Waals surface area contributed by atoms with Crippen molar-refractivity contribution in [2.75, 3.05) is 14.2 Å². The number of thioether (sulfide) groups is 1. The van der Waals surface area contributed by atoms with Crippen LogP contribution in [0.25, 0.3) is 0 Å². The molecular weight excluding hydrogens is 390 g/mol. The maximum Gasteiger partial charge on any atom is 0.286 e. The van der Waals surface area contributed by atoms with E-state index in [0.29, 0.717) is 18.8 Å². The van der Waals surface area contributed by atoms with E-state index >= 15 is 0 Å². The maximum absolute atomic E-state index is 11.7. The second-order valence-corrected chi connectivity index (χ2v) is 8.12. The molecule has 1 unspecified atom stereocenters. The Balaban J connectivity index is 1.73. The number of nitrogens with one attached hydrogen (secondary N) is 1. The average Bonchev–Trinajstić information content (AvgIpc) is 3.02. The molecule has 1 aliphatic rings. The van der Waals surface area contributed by atoms with Crippen molar-refractivity contribution in [2.45, 2.75) is 39.0 Å². The van der Waals surface area contributed by atoms with Gasteiger partial charge in [-0.1, -0.05) is 23.9 Å². The molecule has 3 rings (SSSR count). The number of hydrogen-bond acceptors (Lipinski definition) is 6. The van der Waals surface area contributed by atoms with Crippen LogP contribution >= 0.6 is 11.8 Å². The summed E-state index contributed by atoms with van der Waals surface area (Å²) < 4.78 is 17.2. The first-order valence-corrected chi connectivity index (χ1v) is 10.2. The molecule has 0 saturated carbocycles. The largest absolute Gasteiger partial charge is 0.496 e. The lowest BCUT2D eigenvalue weighted by Gasteiger charge is -2.20. The van der Waals surface area contributed by atoms with Crippen LogP contribution in [-0.4, -0.2) is 30.6 Å². The van der Waals surface area contributed by atoms with Crippen molar-refractivity contribution in [2.24, 2.45) is 0 Å². The fraction of sp³-hybridized carbons (Fsp3) is 0.364. The fourth-order valence-electron chi connectivity index (χ4n) is 3.53. The first-order chi connectivity index (χ1) is 13.8. The van der Waals surface area contributed by atoms with Gasteiger partial charge in [-0.05, 0) is 56.0 Å². The number of ether oxygens (including phenoxy) is 3. The lowest BCUT2D eigenvalue weighted by molar-refractivity contribution is -0.118. The molecule has 0 bridgehead atoms.